The van der Waals surface area contributed by atoms with Gasteiger partial charge in [0.25, 0.3) is 11.8 Å². The van der Waals surface area contributed by atoms with Crippen LogP contribution < -0.4 is 15.4 Å². The number of ether oxygens (including phenoxy) is 2. The highest BCUT2D eigenvalue weighted by Gasteiger charge is 2.15. The fourth-order valence-corrected chi connectivity index (χ4v) is 3.17. The molecule has 0 fully saturated rings. The van der Waals surface area contributed by atoms with E-state index in [1.807, 2.05) is 0 Å². The molecule has 0 radical (unpaired) electrons. The van der Waals surface area contributed by atoms with Crippen molar-refractivity contribution in [2.24, 2.45) is 0 Å². The van der Waals surface area contributed by atoms with Gasteiger partial charge in [-0.2, -0.15) is 5.10 Å². The lowest BCUT2D eigenvalue weighted by atomic mass is 10.2. The number of benzene rings is 2. The summed E-state index contributed by atoms with van der Waals surface area (Å²) in [5.41, 5.74) is 1.38. The maximum atomic E-state index is 12.5. The van der Waals surface area contributed by atoms with E-state index in [2.05, 4.69) is 15.7 Å². The van der Waals surface area contributed by atoms with Crippen molar-refractivity contribution in [3.05, 3.63) is 96.2 Å². The van der Waals surface area contributed by atoms with E-state index in [1.54, 1.807) is 77.7 Å². The summed E-state index contributed by atoms with van der Waals surface area (Å²) in [4.78, 5) is 36.8. The van der Waals surface area contributed by atoms with Gasteiger partial charge in [-0.15, -0.1) is 0 Å². The van der Waals surface area contributed by atoms with Crippen molar-refractivity contribution in [2.45, 2.75) is 6.54 Å². The van der Waals surface area contributed by atoms with Crippen LogP contribution >= 0.6 is 0 Å². The Labute approximate surface area is 200 Å². The molecule has 0 aliphatic heterocycles. The van der Waals surface area contributed by atoms with Crippen LogP contribution in [0, 0.1) is 0 Å². The quantitative estimate of drug-likeness (QED) is 0.355. The summed E-state index contributed by atoms with van der Waals surface area (Å²) in [5, 5.41) is 9.45. The first kappa shape index (κ1) is 23.3. The molecular weight excluding hydrogens is 452 g/mol. The molecule has 0 atom stereocenters. The summed E-state index contributed by atoms with van der Waals surface area (Å²) in [7, 11) is 1.52. The van der Waals surface area contributed by atoms with E-state index in [-0.39, 0.29) is 11.7 Å². The Morgan fingerprint density at radius 2 is 1.77 bits per heavy atom. The largest absolute Gasteiger partial charge is 0.495 e. The average Bonchev–Trinajstić information content (AvgIpc) is 3.56. The number of amides is 2. The first-order valence-electron chi connectivity index (χ1n) is 10.6. The molecule has 0 saturated carbocycles. The number of para-hydroxylation sites is 2. The number of carbonyl (C=O) groups excluding carboxylic acids is 3. The van der Waals surface area contributed by atoms with Crippen LogP contribution in [0.3, 0.4) is 0 Å². The van der Waals surface area contributed by atoms with Crippen molar-refractivity contribution >= 4 is 29.2 Å². The Bertz CT molecular complexity index is 1310. The second-order valence-corrected chi connectivity index (χ2v) is 7.33. The number of nitrogens with one attached hydrogen (secondary N) is 2. The van der Waals surface area contributed by atoms with Crippen LogP contribution in [0.2, 0.25) is 0 Å². The number of esters is 1. The maximum Gasteiger partial charge on any atom is 0.374 e. The van der Waals surface area contributed by atoms with E-state index in [1.165, 1.54) is 13.2 Å². The molecule has 35 heavy (non-hydrogen) atoms. The molecule has 2 heterocycles. The number of rotatable bonds is 9. The molecule has 0 unspecified atom stereocenters. The third-order valence-corrected chi connectivity index (χ3v) is 4.86. The highest BCUT2D eigenvalue weighted by molar-refractivity contribution is 6.05. The molecule has 2 amide bonds. The van der Waals surface area contributed by atoms with Crippen LogP contribution in [0.1, 0.15) is 26.7 Å². The summed E-state index contributed by atoms with van der Waals surface area (Å²) in [5.74, 6) is -0.553. The molecule has 0 bridgehead atoms. The molecule has 2 aromatic carbocycles. The lowest BCUT2D eigenvalue weighted by molar-refractivity contribution is -0.119. The fraction of sp³-hybridized carbons (Fsp3) is 0.120. The minimum absolute atomic E-state index is 0.00892. The van der Waals surface area contributed by atoms with Crippen molar-refractivity contribution in [3.63, 3.8) is 0 Å². The molecule has 178 valence electrons. The maximum absolute atomic E-state index is 12.5. The Morgan fingerprint density at radius 3 is 2.51 bits per heavy atom. The van der Waals surface area contributed by atoms with Gasteiger partial charge in [0.1, 0.15) is 11.5 Å². The summed E-state index contributed by atoms with van der Waals surface area (Å²) >= 11 is 0. The van der Waals surface area contributed by atoms with Gasteiger partial charge in [-0.05, 0) is 54.6 Å². The Morgan fingerprint density at radius 1 is 0.971 bits per heavy atom. The van der Waals surface area contributed by atoms with Crippen molar-refractivity contribution in [3.8, 4) is 5.75 Å². The Balaban J connectivity index is 1.26. The normalized spacial score (nSPS) is 10.4. The summed E-state index contributed by atoms with van der Waals surface area (Å²) in [6.07, 6.45) is 3.41. The predicted octanol–water partition coefficient (Wildman–Crippen LogP) is 3.58. The summed E-state index contributed by atoms with van der Waals surface area (Å²) < 4.78 is 17.3. The van der Waals surface area contributed by atoms with Gasteiger partial charge in [-0.1, -0.05) is 12.1 Å². The number of hydrogen-bond donors (Lipinski definition) is 2. The number of methoxy groups -OCH3 is 1. The zero-order valence-corrected chi connectivity index (χ0v) is 18.8. The molecule has 4 aromatic rings. The van der Waals surface area contributed by atoms with Gasteiger partial charge >= 0.3 is 5.97 Å². The van der Waals surface area contributed by atoms with Crippen molar-refractivity contribution in [2.75, 3.05) is 24.4 Å². The molecular formula is C25H22N4O6. The minimum atomic E-state index is -0.754. The second kappa shape index (κ2) is 10.8. The molecule has 0 aliphatic carbocycles. The summed E-state index contributed by atoms with van der Waals surface area (Å²) in [6.45, 7) is -0.127. The first-order chi connectivity index (χ1) is 17.0. The SMILES string of the molecule is COc1ccccc1NC(=O)c1ccc(NC(=O)COC(=O)c2ccc(Cn3cccn3)o2)cc1. The zero-order valence-electron chi connectivity index (χ0n) is 18.8. The van der Waals surface area contributed by atoms with Crippen molar-refractivity contribution in [1.82, 2.24) is 9.78 Å². The lowest BCUT2D eigenvalue weighted by Crippen LogP contribution is -2.21. The average molecular weight is 474 g/mol. The Hall–Kier alpha value is -4.86. The zero-order chi connectivity index (χ0) is 24.6. The van der Waals surface area contributed by atoms with E-state index in [9.17, 15) is 14.4 Å². The number of anilines is 2. The smallest absolute Gasteiger partial charge is 0.374 e. The van der Waals surface area contributed by atoms with Crippen LogP contribution in [0.5, 0.6) is 5.75 Å². The van der Waals surface area contributed by atoms with Gasteiger partial charge in [0.05, 0.1) is 19.3 Å². The number of aromatic nitrogens is 2. The Kier molecular flexibility index (Phi) is 7.22. The van der Waals surface area contributed by atoms with Crippen molar-refractivity contribution in [1.29, 1.82) is 0 Å². The van der Waals surface area contributed by atoms with Gasteiger partial charge in [-0.3, -0.25) is 14.3 Å². The monoisotopic (exact) mass is 474 g/mol. The highest BCUT2D eigenvalue weighted by Crippen LogP contribution is 2.24. The van der Waals surface area contributed by atoms with Gasteiger partial charge < -0.3 is 24.5 Å². The molecule has 10 heteroatoms. The molecule has 10 nitrogen and oxygen atoms in total. The molecule has 4 rings (SSSR count). The first-order valence-corrected chi connectivity index (χ1v) is 10.6. The van der Waals surface area contributed by atoms with E-state index in [0.717, 1.165) is 0 Å². The van der Waals surface area contributed by atoms with Crippen LogP contribution in [0.4, 0.5) is 11.4 Å². The molecule has 2 aromatic heterocycles. The van der Waals surface area contributed by atoms with E-state index in [0.29, 0.717) is 35.0 Å². The fourth-order valence-electron chi connectivity index (χ4n) is 3.17. The summed E-state index contributed by atoms with van der Waals surface area (Å²) in [6, 6.07) is 18.2. The van der Waals surface area contributed by atoms with E-state index in [4.69, 9.17) is 13.9 Å². The molecule has 2 N–H and O–H groups in total. The third kappa shape index (κ3) is 6.14. The molecule has 0 spiro atoms. The molecule has 0 saturated heterocycles. The van der Waals surface area contributed by atoms with Crippen LogP contribution in [-0.2, 0) is 16.1 Å². The van der Waals surface area contributed by atoms with Gasteiger partial charge in [0.15, 0.2) is 6.61 Å². The highest BCUT2D eigenvalue weighted by atomic mass is 16.5. The van der Waals surface area contributed by atoms with Crippen molar-refractivity contribution < 1.29 is 28.3 Å². The third-order valence-electron chi connectivity index (χ3n) is 4.86. The number of carbonyl (C=O) groups is 3. The van der Waals surface area contributed by atoms with Crippen LogP contribution in [-0.4, -0.2) is 41.3 Å². The van der Waals surface area contributed by atoms with Gasteiger partial charge in [0, 0.05) is 23.6 Å². The van der Waals surface area contributed by atoms with E-state index >= 15 is 0 Å². The van der Waals surface area contributed by atoms with Gasteiger partial charge in [0.2, 0.25) is 5.76 Å². The van der Waals surface area contributed by atoms with Crippen LogP contribution in [0.25, 0.3) is 0 Å². The standard InChI is InChI=1S/C25H22N4O6/c1-33-21-6-3-2-5-20(21)28-24(31)17-7-9-18(10-8-17)27-23(30)16-34-25(32)22-12-11-19(35-22)15-29-14-4-13-26-29/h2-14H,15-16H2,1H3,(H,27,30)(H,28,31). The predicted molar refractivity (Wildman–Crippen MR) is 126 cm³/mol. The van der Waals surface area contributed by atoms with Crippen LogP contribution in [0.15, 0.2) is 83.5 Å². The number of nitrogens with zero attached hydrogens (tertiary/aromatic N) is 2. The second-order valence-electron chi connectivity index (χ2n) is 7.33. The lowest BCUT2D eigenvalue weighted by Gasteiger charge is -2.10. The number of furan rings is 1. The minimum Gasteiger partial charge on any atom is -0.495 e. The topological polar surface area (TPSA) is 125 Å². The van der Waals surface area contributed by atoms with E-state index < -0.39 is 18.5 Å². The molecule has 0 aliphatic rings. The van der Waals surface area contributed by atoms with Gasteiger partial charge in [-0.25, -0.2) is 4.79 Å². The number of hydrogen-bond acceptors (Lipinski definition) is 7.